The zero-order valence-electron chi connectivity index (χ0n) is 7.54. The lowest BCUT2D eigenvalue weighted by Gasteiger charge is -2.18. The lowest BCUT2D eigenvalue weighted by atomic mass is 10.1. The Morgan fingerprint density at radius 2 is 2.09 bits per heavy atom. The molecule has 0 heterocycles. The molecule has 0 amide bonds. The molecule has 0 aromatic carbocycles. The van der Waals surface area contributed by atoms with Crippen LogP contribution in [0.3, 0.4) is 0 Å². The van der Waals surface area contributed by atoms with Crippen molar-refractivity contribution in [3.63, 3.8) is 0 Å². The van der Waals surface area contributed by atoms with E-state index in [4.69, 9.17) is 11.6 Å². The highest BCUT2D eigenvalue weighted by atomic mass is 15.2. The van der Waals surface area contributed by atoms with Crippen LogP contribution in [0.15, 0.2) is 5.10 Å². The van der Waals surface area contributed by atoms with E-state index in [2.05, 4.69) is 16.9 Å². The largest absolute Gasteiger partial charge is 0.385 e. The van der Waals surface area contributed by atoms with Crippen molar-refractivity contribution >= 4 is 5.84 Å². The quantitative estimate of drug-likeness (QED) is 0.258. The lowest BCUT2D eigenvalue weighted by molar-refractivity contribution is 0.364. The number of amidine groups is 1. The van der Waals surface area contributed by atoms with Gasteiger partial charge in [-0.15, -0.1) is 0 Å². The van der Waals surface area contributed by atoms with Crippen LogP contribution in [0.4, 0.5) is 0 Å². The minimum atomic E-state index is 0.287. The summed E-state index contributed by atoms with van der Waals surface area (Å²) < 4.78 is 0. The van der Waals surface area contributed by atoms with Gasteiger partial charge in [0.1, 0.15) is 5.84 Å². The normalized spacial score (nSPS) is 15.5. The van der Waals surface area contributed by atoms with E-state index in [0.717, 1.165) is 13.0 Å². The van der Waals surface area contributed by atoms with Crippen LogP contribution in [0.25, 0.3) is 0 Å². The Morgan fingerprint density at radius 3 is 2.36 bits per heavy atom. The zero-order chi connectivity index (χ0) is 8.85. The van der Waals surface area contributed by atoms with Gasteiger partial charge in [0.2, 0.25) is 0 Å². The molecule has 0 aliphatic carbocycles. The molecule has 11 heavy (non-hydrogen) atoms. The Labute approximate surface area is 68.2 Å². The van der Waals surface area contributed by atoms with Gasteiger partial charge in [0.05, 0.1) is 0 Å². The molecule has 4 nitrogen and oxygen atoms in total. The molecule has 0 saturated heterocycles. The monoisotopic (exact) mass is 158 g/mol. The number of rotatable bonds is 4. The van der Waals surface area contributed by atoms with Gasteiger partial charge >= 0.3 is 0 Å². The van der Waals surface area contributed by atoms with Crippen molar-refractivity contribution in [1.29, 1.82) is 0 Å². The van der Waals surface area contributed by atoms with Crippen molar-refractivity contribution in [2.75, 3.05) is 20.6 Å². The molecule has 1 unspecified atom stereocenters. The molecule has 0 saturated carbocycles. The standard InChI is InChI=1S/C7H18N4/c1-4-6(5-11(2)3)7(8)10-9/h6H,4-5,9H2,1-3H3,(H2,8,10). The molecule has 0 spiro atoms. The van der Waals surface area contributed by atoms with Crippen LogP contribution in [0.2, 0.25) is 0 Å². The minimum absolute atomic E-state index is 0.287. The fourth-order valence-corrected chi connectivity index (χ4v) is 0.978. The molecular weight excluding hydrogens is 140 g/mol. The Bertz CT molecular complexity index is 130. The highest BCUT2D eigenvalue weighted by Gasteiger charge is 2.11. The molecule has 0 fully saturated rings. The summed E-state index contributed by atoms with van der Waals surface area (Å²) in [5, 5.41) is 3.48. The summed E-state index contributed by atoms with van der Waals surface area (Å²) in [4.78, 5) is 2.08. The predicted octanol–water partition coefficient (Wildman–Crippen LogP) is -0.195. The van der Waals surface area contributed by atoms with Gasteiger partial charge in [-0.1, -0.05) is 6.92 Å². The minimum Gasteiger partial charge on any atom is -0.385 e. The molecule has 0 radical (unpaired) electrons. The summed E-state index contributed by atoms with van der Waals surface area (Å²) in [7, 11) is 4.01. The number of hydrogen-bond donors (Lipinski definition) is 2. The van der Waals surface area contributed by atoms with Crippen LogP contribution >= 0.6 is 0 Å². The number of nitrogens with two attached hydrogens (primary N) is 2. The van der Waals surface area contributed by atoms with E-state index in [1.165, 1.54) is 0 Å². The predicted molar refractivity (Wildman–Crippen MR) is 48.1 cm³/mol. The van der Waals surface area contributed by atoms with Crippen molar-refractivity contribution < 1.29 is 0 Å². The Hall–Kier alpha value is -0.770. The first-order valence-corrected chi connectivity index (χ1v) is 3.79. The smallest absolute Gasteiger partial charge is 0.123 e. The van der Waals surface area contributed by atoms with Gasteiger partial charge in [0.15, 0.2) is 0 Å². The molecular formula is C7H18N4. The van der Waals surface area contributed by atoms with Crippen LogP contribution in [0, 0.1) is 5.92 Å². The van der Waals surface area contributed by atoms with Gasteiger partial charge in [-0.25, -0.2) is 0 Å². The van der Waals surface area contributed by atoms with Gasteiger partial charge in [0, 0.05) is 12.5 Å². The first kappa shape index (κ1) is 10.2. The molecule has 0 rings (SSSR count). The first-order chi connectivity index (χ1) is 5.11. The van der Waals surface area contributed by atoms with Gasteiger partial charge in [-0.05, 0) is 20.5 Å². The van der Waals surface area contributed by atoms with Crippen LogP contribution in [-0.4, -0.2) is 31.4 Å². The zero-order valence-corrected chi connectivity index (χ0v) is 7.54. The van der Waals surface area contributed by atoms with Crippen molar-refractivity contribution in [3.05, 3.63) is 0 Å². The molecule has 4 heteroatoms. The van der Waals surface area contributed by atoms with Crippen molar-refractivity contribution in [2.24, 2.45) is 22.6 Å². The summed E-state index contributed by atoms with van der Waals surface area (Å²) in [6.07, 6.45) is 0.977. The van der Waals surface area contributed by atoms with E-state index in [1.54, 1.807) is 0 Å². The molecule has 0 aromatic rings. The molecule has 0 aromatic heterocycles. The van der Waals surface area contributed by atoms with E-state index < -0.39 is 0 Å². The third-order valence-electron chi connectivity index (χ3n) is 1.65. The number of hydrazone groups is 1. The summed E-state index contributed by atoms with van der Waals surface area (Å²) in [5.74, 6) is 5.90. The second kappa shape index (κ2) is 4.96. The lowest BCUT2D eigenvalue weighted by Crippen LogP contribution is -2.33. The topological polar surface area (TPSA) is 67.6 Å². The fraction of sp³-hybridized carbons (Fsp3) is 0.857. The number of hydrogen-bond acceptors (Lipinski definition) is 3. The third kappa shape index (κ3) is 3.83. The van der Waals surface area contributed by atoms with Crippen LogP contribution in [-0.2, 0) is 0 Å². The summed E-state index contributed by atoms with van der Waals surface area (Å²) in [6, 6.07) is 0. The molecule has 4 N–H and O–H groups in total. The highest BCUT2D eigenvalue weighted by Crippen LogP contribution is 2.02. The molecule has 0 bridgehead atoms. The van der Waals surface area contributed by atoms with Crippen LogP contribution in [0.1, 0.15) is 13.3 Å². The van der Waals surface area contributed by atoms with E-state index in [1.807, 2.05) is 14.1 Å². The van der Waals surface area contributed by atoms with Gasteiger partial charge in [-0.3, -0.25) is 0 Å². The number of nitrogens with zero attached hydrogens (tertiary/aromatic N) is 2. The second-order valence-electron chi connectivity index (χ2n) is 2.92. The summed E-state index contributed by atoms with van der Waals surface area (Å²) >= 11 is 0. The highest BCUT2D eigenvalue weighted by molar-refractivity contribution is 5.82. The van der Waals surface area contributed by atoms with Crippen molar-refractivity contribution in [3.8, 4) is 0 Å². The van der Waals surface area contributed by atoms with Crippen molar-refractivity contribution in [1.82, 2.24) is 4.90 Å². The van der Waals surface area contributed by atoms with Gasteiger partial charge in [0.25, 0.3) is 0 Å². The molecule has 66 valence electrons. The van der Waals surface area contributed by atoms with E-state index in [9.17, 15) is 0 Å². The summed E-state index contributed by atoms with van der Waals surface area (Å²) in [5.41, 5.74) is 5.57. The third-order valence-corrected chi connectivity index (χ3v) is 1.65. The second-order valence-corrected chi connectivity index (χ2v) is 2.92. The maximum atomic E-state index is 5.57. The van der Waals surface area contributed by atoms with Crippen molar-refractivity contribution in [2.45, 2.75) is 13.3 Å². The van der Waals surface area contributed by atoms with Gasteiger partial charge < -0.3 is 16.5 Å². The van der Waals surface area contributed by atoms with Gasteiger partial charge in [-0.2, -0.15) is 5.10 Å². The SMILES string of the molecule is CCC(CN(C)C)/C(N)=N/N. The Kier molecular flexibility index (Phi) is 4.61. The molecule has 0 aliphatic rings. The van der Waals surface area contributed by atoms with E-state index >= 15 is 0 Å². The molecule has 0 aliphatic heterocycles. The van der Waals surface area contributed by atoms with Crippen LogP contribution < -0.4 is 11.6 Å². The Morgan fingerprint density at radius 1 is 1.55 bits per heavy atom. The van der Waals surface area contributed by atoms with E-state index in [-0.39, 0.29) is 5.92 Å². The fourth-order valence-electron chi connectivity index (χ4n) is 0.978. The first-order valence-electron chi connectivity index (χ1n) is 3.79. The van der Waals surface area contributed by atoms with Crippen LogP contribution in [0.5, 0.6) is 0 Å². The average Bonchev–Trinajstić information content (AvgIpc) is 1.98. The van der Waals surface area contributed by atoms with E-state index in [0.29, 0.717) is 5.84 Å². The maximum absolute atomic E-state index is 5.57. The maximum Gasteiger partial charge on any atom is 0.123 e. The molecule has 1 atom stereocenters. The average molecular weight is 158 g/mol. The Balaban J connectivity index is 3.95. The summed E-state index contributed by atoms with van der Waals surface area (Å²) in [6.45, 7) is 2.98.